The molecule has 1 saturated heterocycles. The van der Waals surface area contributed by atoms with E-state index in [9.17, 15) is 9.50 Å². The van der Waals surface area contributed by atoms with Crippen molar-refractivity contribution in [1.82, 2.24) is 4.90 Å². The van der Waals surface area contributed by atoms with Crippen LogP contribution in [0, 0.1) is 5.82 Å². The quantitative estimate of drug-likeness (QED) is 0.873. The van der Waals surface area contributed by atoms with Crippen molar-refractivity contribution in [2.75, 3.05) is 19.7 Å². The minimum absolute atomic E-state index is 0.00285. The summed E-state index contributed by atoms with van der Waals surface area (Å²) in [6.45, 7) is 6.35. The van der Waals surface area contributed by atoms with Crippen molar-refractivity contribution in [2.45, 2.75) is 38.6 Å². The van der Waals surface area contributed by atoms with Crippen LogP contribution in [0.15, 0.2) is 18.2 Å². The maximum atomic E-state index is 13.5. The number of aliphatic hydroxyl groups excluding tert-OH is 1. The van der Waals surface area contributed by atoms with Gasteiger partial charge in [0.05, 0.1) is 18.3 Å². The number of ether oxygens (including phenoxy) is 1. The molecule has 0 aliphatic carbocycles. The van der Waals surface area contributed by atoms with Gasteiger partial charge in [-0.15, -0.1) is 0 Å². The molecular weight excluding hydrogens is 259 g/mol. The Morgan fingerprint density at radius 2 is 2.10 bits per heavy atom. The van der Waals surface area contributed by atoms with Gasteiger partial charge in [0.25, 0.3) is 0 Å². The van der Waals surface area contributed by atoms with Crippen LogP contribution in [0.3, 0.4) is 0 Å². The van der Waals surface area contributed by atoms with E-state index in [2.05, 4.69) is 4.90 Å². The maximum absolute atomic E-state index is 13.5. The topological polar surface area (TPSA) is 58.7 Å². The van der Waals surface area contributed by atoms with E-state index in [0.29, 0.717) is 19.6 Å². The van der Waals surface area contributed by atoms with Crippen LogP contribution >= 0.6 is 0 Å². The van der Waals surface area contributed by atoms with E-state index < -0.39 is 0 Å². The summed E-state index contributed by atoms with van der Waals surface area (Å²) in [4.78, 5) is 2.18. The molecule has 0 aromatic heterocycles. The molecule has 1 unspecified atom stereocenters. The van der Waals surface area contributed by atoms with Crippen LogP contribution in [0.2, 0.25) is 0 Å². The second kappa shape index (κ2) is 6.18. The van der Waals surface area contributed by atoms with Gasteiger partial charge in [-0.2, -0.15) is 0 Å². The molecule has 1 aromatic rings. The average molecular weight is 282 g/mol. The van der Waals surface area contributed by atoms with Crippen LogP contribution in [0.4, 0.5) is 4.39 Å². The Morgan fingerprint density at radius 3 is 2.75 bits per heavy atom. The van der Waals surface area contributed by atoms with E-state index in [4.69, 9.17) is 10.5 Å². The highest BCUT2D eigenvalue weighted by atomic mass is 19.1. The highest BCUT2D eigenvalue weighted by molar-refractivity contribution is 5.24. The molecular formula is C15H23FN2O2. The van der Waals surface area contributed by atoms with Gasteiger partial charge >= 0.3 is 0 Å². The fourth-order valence-corrected chi connectivity index (χ4v) is 2.82. The normalized spacial score (nSPS) is 22.9. The Bertz CT molecular complexity index is 465. The van der Waals surface area contributed by atoms with Crippen molar-refractivity contribution < 1.29 is 14.2 Å². The lowest BCUT2D eigenvalue weighted by molar-refractivity contribution is -0.150. The molecule has 0 radical (unpaired) electrons. The molecule has 0 bridgehead atoms. The van der Waals surface area contributed by atoms with Gasteiger partial charge in [0, 0.05) is 26.2 Å². The highest BCUT2D eigenvalue weighted by Gasteiger charge is 2.32. The number of aliphatic hydroxyl groups is 1. The van der Waals surface area contributed by atoms with Gasteiger partial charge in [-0.3, -0.25) is 4.90 Å². The molecule has 1 atom stereocenters. The third-order valence-electron chi connectivity index (χ3n) is 3.41. The van der Waals surface area contributed by atoms with Crippen molar-refractivity contribution in [3.8, 4) is 0 Å². The molecule has 1 fully saturated rings. The molecule has 112 valence electrons. The lowest BCUT2D eigenvalue weighted by atomic mass is 10.0. The summed E-state index contributed by atoms with van der Waals surface area (Å²) >= 11 is 0. The summed E-state index contributed by atoms with van der Waals surface area (Å²) in [6, 6.07) is 4.93. The molecule has 1 heterocycles. The fraction of sp³-hybridized carbons (Fsp3) is 0.600. The third kappa shape index (κ3) is 3.99. The van der Waals surface area contributed by atoms with Crippen LogP contribution in [0.25, 0.3) is 0 Å². The molecule has 1 aliphatic heterocycles. The van der Waals surface area contributed by atoms with Gasteiger partial charge in [-0.25, -0.2) is 4.39 Å². The Hall–Kier alpha value is -1.01. The lowest BCUT2D eigenvalue weighted by Crippen LogP contribution is -2.53. The van der Waals surface area contributed by atoms with E-state index >= 15 is 0 Å². The molecule has 2 rings (SSSR count). The summed E-state index contributed by atoms with van der Waals surface area (Å²) in [5.41, 5.74) is 6.96. The van der Waals surface area contributed by atoms with Gasteiger partial charge in [-0.05, 0) is 37.1 Å². The number of hydrogen-bond donors (Lipinski definition) is 2. The van der Waals surface area contributed by atoms with Crippen LogP contribution in [0.1, 0.15) is 25.0 Å². The van der Waals surface area contributed by atoms with Crippen molar-refractivity contribution in [3.05, 3.63) is 35.1 Å². The van der Waals surface area contributed by atoms with Crippen LogP contribution in [0.5, 0.6) is 0 Å². The summed E-state index contributed by atoms with van der Waals surface area (Å²) in [5.74, 6) is -0.255. The minimum Gasteiger partial charge on any atom is -0.394 e. The lowest BCUT2D eigenvalue weighted by Gasteiger charge is -2.42. The second-order valence-corrected chi connectivity index (χ2v) is 6.02. The minimum atomic E-state index is -0.310. The standard InChI is InChI=1S/C15H23FN2O2/c1-15(2)10-18(8-14(9-19)20-15)7-12-3-11(6-17)4-13(16)5-12/h3-5,14,19H,6-10,17H2,1-2H3. The predicted molar refractivity (Wildman–Crippen MR) is 75.6 cm³/mol. The first-order chi connectivity index (χ1) is 9.41. The Balaban J connectivity index is 2.10. The van der Waals surface area contributed by atoms with Crippen LogP contribution in [-0.2, 0) is 17.8 Å². The van der Waals surface area contributed by atoms with E-state index in [0.717, 1.165) is 17.7 Å². The predicted octanol–water partition coefficient (Wildman–Crippen LogP) is 1.26. The smallest absolute Gasteiger partial charge is 0.123 e. The first-order valence-corrected chi connectivity index (χ1v) is 6.91. The summed E-state index contributed by atoms with van der Waals surface area (Å²) in [5, 5.41) is 9.31. The first-order valence-electron chi connectivity index (χ1n) is 6.91. The fourth-order valence-electron chi connectivity index (χ4n) is 2.82. The molecule has 1 aromatic carbocycles. The van der Waals surface area contributed by atoms with Crippen molar-refractivity contribution >= 4 is 0 Å². The molecule has 5 heteroatoms. The van der Waals surface area contributed by atoms with Gasteiger partial charge < -0.3 is 15.6 Å². The highest BCUT2D eigenvalue weighted by Crippen LogP contribution is 2.23. The molecule has 0 amide bonds. The molecule has 0 spiro atoms. The third-order valence-corrected chi connectivity index (χ3v) is 3.41. The molecule has 0 saturated carbocycles. The number of halogens is 1. The van der Waals surface area contributed by atoms with Gasteiger partial charge in [-0.1, -0.05) is 6.07 Å². The van der Waals surface area contributed by atoms with Crippen LogP contribution < -0.4 is 5.73 Å². The van der Waals surface area contributed by atoms with E-state index in [1.54, 1.807) is 0 Å². The average Bonchev–Trinajstić information content (AvgIpc) is 2.35. The van der Waals surface area contributed by atoms with Gasteiger partial charge in [0.2, 0.25) is 0 Å². The number of rotatable bonds is 4. The van der Waals surface area contributed by atoms with E-state index in [1.165, 1.54) is 12.1 Å². The number of morpholine rings is 1. The molecule has 4 nitrogen and oxygen atoms in total. The number of hydrogen-bond acceptors (Lipinski definition) is 4. The van der Waals surface area contributed by atoms with Gasteiger partial charge in [0.1, 0.15) is 5.82 Å². The zero-order valence-electron chi connectivity index (χ0n) is 12.1. The van der Waals surface area contributed by atoms with Gasteiger partial charge in [0.15, 0.2) is 0 Å². The summed E-state index contributed by atoms with van der Waals surface area (Å²) in [6.07, 6.45) is -0.193. The maximum Gasteiger partial charge on any atom is 0.123 e. The largest absolute Gasteiger partial charge is 0.394 e. The zero-order chi connectivity index (χ0) is 14.8. The number of nitrogens with zero attached hydrogens (tertiary/aromatic N) is 1. The molecule has 20 heavy (non-hydrogen) atoms. The monoisotopic (exact) mass is 282 g/mol. The van der Waals surface area contributed by atoms with Crippen molar-refractivity contribution in [3.63, 3.8) is 0 Å². The van der Waals surface area contributed by atoms with Crippen LogP contribution in [-0.4, -0.2) is 41.4 Å². The Kier molecular flexibility index (Phi) is 4.75. The van der Waals surface area contributed by atoms with E-state index in [1.807, 2.05) is 19.9 Å². The first kappa shape index (κ1) is 15.4. The molecule has 1 aliphatic rings. The number of nitrogens with two attached hydrogens (primary N) is 1. The zero-order valence-corrected chi connectivity index (χ0v) is 12.1. The SMILES string of the molecule is CC1(C)CN(Cc2cc(F)cc(CN)c2)CC(CO)O1. The molecule has 3 N–H and O–H groups in total. The Labute approximate surface area is 119 Å². The van der Waals surface area contributed by atoms with Crippen molar-refractivity contribution in [2.24, 2.45) is 5.73 Å². The second-order valence-electron chi connectivity index (χ2n) is 6.02. The number of benzene rings is 1. The summed E-state index contributed by atoms with van der Waals surface area (Å²) < 4.78 is 19.3. The van der Waals surface area contributed by atoms with E-state index in [-0.39, 0.29) is 24.1 Å². The van der Waals surface area contributed by atoms with Crippen molar-refractivity contribution in [1.29, 1.82) is 0 Å². The Morgan fingerprint density at radius 1 is 1.40 bits per heavy atom. The summed E-state index contributed by atoms with van der Waals surface area (Å²) in [7, 11) is 0.